The Kier molecular flexibility index (Phi) is 4.09. The molecule has 1 fully saturated rings. The first kappa shape index (κ1) is 13.2. The van der Waals surface area contributed by atoms with E-state index in [-0.39, 0.29) is 11.9 Å². The van der Waals surface area contributed by atoms with Gasteiger partial charge in [-0.05, 0) is 43.1 Å². The first-order chi connectivity index (χ1) is 8.58. The van der Waals surface area contributed by atoms with Gasteiger partial charge in [0.1, 0.15) is 0 Å². The standard InChI is InChI=1S/C13H18ClN3O/c14-11-5-4-10(15)7-9(11)8-17-6-2-1-3-12(17)13(16)18/h4-5,7,12H,1-3,6,8,15H2,(H2,16,18). The number of primary amides is 1. The molecule has 0 aromatic heterocycles. The normalized spacial score (nSPS) is 20.8. The maximum atomic E-state index is 11.4. The molecule has 5 heteroatoms. The molecular weight excluding hydrogens is 250 g/mol. The highest BCUT2D eigenvalue weighted by Gasteiger charge is 2.27. The SMILES string of the molecule is NC(=O)C1CCCCN1Cc1cc(N)ccc1Cl. The lowest BCUT2D eigenvalue weighted by molar-refractivity contribution is -0.124. The highest BCUT2D eigenvalue weighted by atomic mass is 35.5. The third kappa shape index (κ3) is 2.94. The Bertz CT molecular complexity index is 450. The Hall–Kier alpha value is -1.26. The average Bonchev–Trinajstić information content (AvgIpc) is 2.34. The minimum atomic E-state index is -0.255. The van der Waals surface area contributed by atoms with Crippen molar-refractivity contribution < 1.29 is 4.79 Å². The van der Waals surface area contributed by atoms with Crippen molar-refractivity contribution in [1.29, 1.82) is 0 Å². The van der Waals surface area contributed by atoms with Gasteiger partial charge in [0, 0.05) is 17.3 Å². The van der Waals surface area contributed by atoms with Gasteiger partial charge in [-0.25, -0.2) is 0 Å². The number of anilines is 1. The lowest BCUT2D eigenvalue weighted by atomic mass is 10.0. The summed E-state index contributed by atoms with van der Waals surface area (Å²) in [5, 5.41) is 0.679. The van der Waals surface area contributed by atoms with Crippen LogP contribution in [0.5, 0.6) is 0 Å². The number of halogens is 1. The highest BCUT2D eigenvalue weighted by molar-refractivity contribution is 6.31. The Morgan fingerprint density at radius 1 is 1.44 bits per heavy atom. The molecule has 0 radical (unpaired) electrons. The molecule has 18 heavy (non-hydrogen) atoms. The van der Waals surface area contributed by atoms with Crippen molar-refractivity contribution in [2.24, 2.45) is 5.73 Å². The van der Waals surface area contributed by atoms with Crippen molar-refractivity contribution in [2.75, 3.05) is 12.3 Å². The van der Waals surface area contributed by atoms with E-state index in [1.165, 1.54) is 0 Å². The van der Waals surface area contributed by atoms with Crippen molar-refractivity contribution >= 4 is 23.2 Å². The molecule has 1 aliphatic heterocycles. The molecule has 0 bridgehead atoms. The zero-order valence-electron chi connectivity index (χ0n) is 10.2. The maximum absolute atomic E-state index is 11.4. The molecule has 0 saturated carbocycles. The number of nitrogens with zero attached hydrogens (tertiary/aromatic N) is 1. The van der Waals surface area contributed by atoms with Gasteiger partial charge in [-0.2, -0.15) is 0 Å². The molecule has 1 atom stereocenters. The fourth-order valence-electron chi connectivity index (χ4n) is 2.44. The number of likely N-dealkylation sites (tertiary alicyclic amines) is 1. The maximum Gasteiger partial charge on any atom is 0.234 e. The first-order valence-corrected chi connectivity index (χ1v) is 6.53. The number of carbonyl (C=O) groups is 1. The summed E-state index contributed by atoms with van der Waals surface area (Å²) in [4.78, 5) is 13.5. The molecule has 1 aromatic carbocycles. The summed E-state index contributed by atoms with van der Waals surface area (Å²) in [7, 11) is 0. The van der Waals surface area contributed by atoms with E-state index in [0.29, 0.717) is 17.3 Å². The Morgan fingerprint density at radius 2 is 2.22 bits per heavy atom. The van der Waals surface area contributed by atoms with E-state index in [1.54, 1.807) is 12.1 Å². The fourth-order valence-corrected chi connectivity index (χ4v) is 2.61. The van der Waals surface area contributed by atoms with Crippen LogP contribution in [0.25, 0.3) is 0 Å². The number of hydrogen-bond donors (Lipinski definition) is 2. The van der Waals surface area contributed by atoms with Crippen LogP contribution in [0.3, 0.4) is 0 Å². The fraction of sp³-hybridized carbons (Fsp3) is 0.462. The van der Waals surface area contributed by atoms with E-state index in [2.05, 4.69) is 4.90 Å². The van der Waals surface area contributed by atoms with Gasteiger partial charge in [-0.15, -0.1) is 0 Å². The first-order valence-electron chi connectivity index (χ1n) is 6.15. The summed E-state index contributed by atoms with van der Waals surface area (Å²) >= 11 is 6.14. The molecule has 4 N–H and O–H groups in total. The van der Waals surface area contributed by atoms with Crippen LogP contribution in [0.15, 0.2) is 18.2 Å². The second-order valence-electron chi connectivity index (χ2n) is 4.74. The van der Waals surface area contributed by atoms with Crippen LogP contribution in [-0.4, -0.2) is 23.4 Å². The van der Waals surface area contributed by atoms with Gasteiger partial charge >= 0.3 is 0 Å². The van der Waals surface area contributed by atoms with Crippen molar-refractivity contribution in [3.05, 3.63) is 28.8 Å². The van der Waals surface area contributed by atoms with E-state index in [0.717, 1.165) is 31.4 Å². The molecule has 1 amide bonds. The van der Waals surface area contributed by atoms with Gasteiger partial charge in [0.05, 0.1) is 6.04 Å². The van der Waals surface area contributed by atoms with Gasteiger partial charge < -0.3 is 11.5 Å². The molecule has 1 saturated heterocycles. The van der Waals surface area contributed by atoms with Crippen molar-refractivity contribution in [2.45, 2.75) is 31.8 Å². The van der Waals surface area contributed by atoms with Crippen LogP contribution >= 0.6 is 11.6 Å². The van der Waals surface area contributed by atoms with Crippen LogP contribution in [0.4, 0.5) is 5.69 Å². The molecule has 98 valence electrons. The number of benzene rings is 1. The van der Waals surface area contributed by atoms with Crippen LogP contribution < -0.4 is 11.5 Å². The summed E-state index contributed by atoms with van der Waals surface area (Å²) in [6.45, 7) is 1.50. The van der Waals surface area contributed by atoms with Gasteiger partial charge in [-0.1, -0.05) is 18.0 Å². The molecule has 1 unspecified atom stereocenters. The monoisotopic (exact) mass is 267 g/mol. The number of nitrogen functional groups attached to an aromatic ring is 1. The minimum absolute atomic E-state index is 0.184. The average molecular weight is 268 g/mol. The second kappa shape index (κ2) is 5.59. The third-order valence-corrected chi connectivity index (χ3v) is 3.75. The van der Waals surface area contributed by atoms with Crippen LogP contribution in [0, 0.1) is 0 Å². The molecule has 4 nitrogen and oxygen atoms in total. The molecule has 2 rings (SSSR count). The van der Waals surface area contributed by atoms with Gasteiger partial charge in [-0.3, -0.25) is 9.69 Å². The molecule has 0 aliphatic carbocycles. The highest BCUT2D eigenvalue weighted by Crippen LogP contribution is 2.24. The Balaban J connectivity index is 2.15. The van der Waals surface area contributed by atoms with E-state index in [4.69, 9.17) is 23.1 Å². The molecule has 1 aliphatic rings. The summed E-state index contributed by atoms with van der Waals surface area (Å²) < 4.78 is 0. The quantitative estimate of drug-likeness (QED) is 0.820. The number of piperidine rings is 1. The largest absolute Gasteiger partial charge is 0.399 e. The number of carbonyl (C=O) groups excluding carboxylic acids is 1. The zero-order chi connectivity index (χ0) is 13.1. The minimum Gasteiger partial charge on any atom is -0.399 e. The Morgan fingerprint density at radius 3 is 2.94 bits per heavy atom. The van der Waals surface area contributed by atoms with E-state index >= 15 is 0 Å². The predicted molar refractivity (Wildman–Crippen MR) is 73.1 cm³/mol. The number of rotatable bonds is 3. The summed E-state index contributed by atoms with van der Waals surface area (Å²) in [6.07, 6.45) is 2.97. The number of hydrogen-bond acceptors (Lipinski definition) is 3. The topological polar surface area (TPSA) is 72.4 Å². The smallest absolute Gasteiger partial charge is 0.234 e. The molecule has 0 spiro atoms. The Labute approximate surface area is 112 Å². The third-order valence-electron chi connectivity index (χ3n) is 3.39. The van der Waals surface area contributed by atoms with E-state index in [9.17, 15) is 4.79 Å². The van der Waals surface area contributed by atoms with Gasteiger partial charge in [0.15, 0.2) is 0 Å². The number of nitrogens with two attached hydrogens (primary N) is 2. The van der Waals surface area contributed by atoms with Gasteiger partial charge in [0.25, 0.3) is 0 Å². The summed E-state index contributed by atoms with van der Waals surface area (Å²) in [5.74, 6) is -0.255. The van der Waals surface area contributed by atoms with E-state index < -0.39 is 0 Å². The lowest BCUT2D eigenvalue weighted by Gasteiger charge is -2.33. The van der Waals surface area contributed by atoms with Crippen LogP contribution in [0.1, 0.15) is 24.8 Å². The van der Waals surface area contributed by atoms with Crippen molar-refractivity contribution in [1.82, 2.24) is 4.90 Å². The number of amides is 1. The second-order valence-corrected chi connectivity index (χ2v) is 5.14. The summed E-state index contributed by atoms with van der Waals surface area (Å²) in [6, 6.07) is 5.23. The molecule has 1 aromatic rings. The van der Waals surface area contributed by atoms with Crippen molar-refractivity contribution in [3.8, 4) is 0 Å². The van der Waals surface area contributed by atoms with Crippen molar-refractivity contribution in [3.63, 3.8) is 0 Å². The van der Waals surface area contributed by atoms with Crippen LogP contribution in [0.2, 0.25) is 5.02 Å². The molecular formula is C13H18ClN3O. The summed E-state index contributed by atoms with van der Waals surface area (Å²) in [5.41, 5.74) is 12.8. The molecule has 1 heterocycles. The predicted octanol–water partition coefficient (Wildman–Crippen LogP) is 1.76. The van der Waals surface area contributed by atoms with Crippen LogP contribution in [-0.2, 0) is 11.3 Å². The van der Waals surface area contributed by atoms with E-state index in [1.807, 2.05) is 6.07 Å². The lowest BCUT2D eigenvalue weighted by Crippen LogP contribution is -2.47. The van der Waals surface area contributed by atoms with Gasteiger partial charge in [0.2, 0.25) is 5.91 Å². The zero-order valence-corrected chi connectivity index (χ0v) is 11.0.